The zero-order valence-electron chi connectivity index (χ0n) is 11.3. The highest BCUT2D eigenvalue weighted by Gasteiger charge is 2.18. The van der Waals surface area contributed by atoms with Crippen LogP contribution in [-0.2, 0) is 19.9 Å². The topological polar surface area (TPSA) is 116 Å². The highest BCUT2D eigenvalue weighted by molar-refractivity contribution is 7.91. The van der Waals surface area contributed by atoms with Crippen LogP contribution in [0.1, 0.15) is 6.92 Å². The third kappa shape index (κ3) is 4.36. The first-order valence-electron chi connectivity index (χ1n) is 5.85. The number of benzene rings is 1. The summed E-state index contributed by atoms with van der Waals surface area (Å²) < 4.78 is 53.7. The van der Waals surface area contributed by atoms with Crippen LogP contribution in [0, 0.1) is 0 Å². The number of anilines is 1. The van der Waals surface area contributed by atoms with Crippen molar-refractivity contribution in [3.8, 4) is 5.75 Å². The number of sulfone groups is 1. The molecule has 0 radical (unpaired) electrons. The van der Waals surface area contributed by atoms with Crippen molar-refractivity contribution in [1.29, 1.82) is 0 Å². The van der Waals surface area contributed by atoms with Crippen molar-refractivity contribution in [2.75, 3.05) is 30.9 Å². The molecule has 114 valence electrons. The summed E-state index contributed by atoms with van der Waals surface area (Å²) >= 11 is 0. The van der Waals surface area contributed by atoms with Crippen molar-refractivity contribution in [3.63, 3.8) is 0 Å². The van der Waals surface area contributed by atoms with Gasteiger partial charge in [-0.3, -0.25) is 0 Å². The molecule has 0 aromatic heterocycles. The maximum atomic E-state index is 12.0. The molecule has 9 heteroatoms. The van der Waals surface area contributed by atoms with E-state index >= 15 is 0 Å². The first kappa shape index (κ1) is 16.7. The van der Waals surface area contributed by atoms with E-state index in [0.717, 1.165) is 0 Å². The maximum absolute atomic E-state index is 12.0. The van der Waals surface area contributed by atoms with E-state index in [1.807, 2.05) is 0 Å². The van der Waals surface area contributed by atoms with E-state index in [1.165, 1.54) is 32.2 Å². The Morgan fingerprint density at radius 3 is 2.40 bits per heavy atom. The maximum Gasteiger partial charge on any atom is 0.242 e. The fourth-order valence-electron chi connectivity index (χ4n) is 1.45. The number of sulfonamides is 1. The van der Waals surface area contributed by atoms with Gasteiger partial charge in [0, 0.05) is 18.4 Å². The van der Waals surface area contributed by atoms with Gasteiger partial charge in [0.25, 0.3) is 0 Å². The zero-order chi connectivity index (χ0) is 15.4. The van der Waals surface area contributed by atoms with Gasteiger partial charge in [-0.1, -0.05) is 6.92 Å². The predicted molar refractivity (Wildman–Crippen MR) is 76.9 cm³/mol. The summed E-state index contributed by atoms with van der Waals surface area (Å²) in [7, 11) is -5.62. The molecule has 0 amide bonds. The van der Waals surface area contributed by atoms with Gasteiger partial charge in [0.2, 0.25) is 10.0 Å². The second-order valence-electron chi connectivity index (χ2n) is 4.04. The number of ether oxygens (including phenoxy) is 1. The van der Waals surface area contributed by atoms with Crippen LogP contribution in [0.15, 0.2) is 23.1 Å². The number of nitrogens with one attached hydrogen (secondary N) is 1. The molecular weight excluding hydrogens is 304 g/mol. The van der Waals surface area contributed by atoms with Crippen molar-refractivity contribution in [1.82, 2.24) is 4.72 Å². The van der Waals surface area contributed by atoms with Gasteiger partial charge in [-0.2, -0.15) is 0 Å². The molecule has 1 aromatic carbocycles. The number of hydrogen-bond donors (Lipinski definition) is 2. The summed E-state index contributed by atoms with van der Waals surface area (Å²) in [4.78, 5) is -0.104. The first-order chi connectivity index (χ1) is 9.22. The Labute approximate surface area is 119 Å². The molecule has 0 saturated heterocycles. The molecule has 1 rings (SSSR count). The second kappa shape index (κ2) is 6.42. The molecule has 0 aliphatic carbocycles. The second-order valence-corrected chi connectivity index (χ2v) is 8.25. The molecule has 0 heterocycles. The summed E-state index contributed by atoms with van der Waals surface area (Å²) in [5.74, 6) is 0.160. The lowest BCUT2D eigenvalue weighted by Crippen LogP contribution is -2.30. The molecule has 0 bridgehead atoms. The summed E-state index contributed by atoms with van der Waals surface area (Å²) in [6.07, 6.45) is 0. The van der Waals surface area contributed by atoms with Crippen molar-refractivity contribution >= 4 is 25.5 Å². The highest BCUT2D eigenvalue weighted by Crippen LogP contribution is 2.23. The number of methoxy groups -OCH3 is 1. The lowest BCUT2D eigenvalue weighted by atomic mass is 10.3. The molecule has 7 nitrogen and oxygen atoms in total. The third-order valence-electron chi connectivity index (χ3n) is 2.65. The number of hydrogen-bond acceptors (Lipinski definition) is 6. The van der Waals surface area contributed by atoms with Gasteiger partial charge in [0.15, 0.2) is 9.84 Å². The van der Waals surface area contributed by atoms with Gasteiger partial charge in [0.1, 0.15) is 10.6 Å². The lowest BCUT2D eigenvalue weighted by molar-refractivity contribution is 0.414. The molecule has 3 N–H and O–H groups in total. The van der Waals surface area contributed by atoms with Crippen LogP contribution < -0.4 is 15.2 Å². The molecule has 0 saturated carbocycles. The molecule has 0 spiro atoms. The van der Waals surface area contributed by atoms with Gasteiger partial charge in [-0.25, -0.2) is 21.6 Å². The molecule has 0 unspecified atom stereocenters. The molecule has 1 aromatic rings. The van der Waals surface area contributed by atoms with Crippen LogP contribution in [-0.4, -0.2) is 42.0 Å². The standard InChI is InChI=1S/C11H18N2O5S2/c1-3-19(14,15)7-6-13-20(16,17)11-5-4-9(18-2)8-10(11)12/h4-5,8,13H,3,6-7,12H2,1-2H3. The molecular formula is C11H18N2O5S2. The highest BCUT2D eigenvalue weighted by atomic mass is 32.2. The summed E-state index contributed by atoms with van der Waals surface area (Å²) in [6.45, 7) is 1.31. The average Bonchev–Trinajstić information content (AvgIpc) is 2.37. The van der Waals surface area contributed by atoms with Crippen LogP contribution in [0.5, 0.6) is 5.75 Å². The fraction of sp³-hybridized carbons (Fsp3) is 0.455. The Kier molecular flexibility index (Phi) is 5.37. The Hall–Kier alpha value is -1.32. The number of rotatable bonds is 7. The van der Waals surface area contributed by atoms with E-state index in [2.05, 4.69) is 4.72 Å². The van der Waals surface area contributed by atoms with Gasteiger partial charge in [0.05, 0.1) is 18.6 Å². The minimum absolute atomic E-state index is 0.0284. The first-order valence-corrected chi connectivity index (χ1v) is 9.16. The Morgan fingerprint density at radius 1 is 1.25 bits per heavy atom. The van der Waals surface area contributed by atoms with Crippen molar-refractivity contribution in [2.24, 2.45) is 0 Å². The van der Waals surface area contributed by atoms with E-state index in [4.69, 9.17) is 10.5 Å². The largest absolute Gasteiger partial charge is 0.497 e. The van der Waals surface area contributed by atoms with E-state index in [1.54, 1.807) is 0 Å². The summed E-state index contributed by atoms with van der Waals surface area (Å²) in [6, 6.07) is 4.16. The average molecular weight is 322 g/mol. The quantitative estimate of drug-likeness (QED) is 0.682. The SMILES string of the molecule is CCS(=O)(=O)CCNS(=O)(=O)c1ccc(OC)cc1N. The Morgan fingerprint density at radius 2 is 1.90 bits per heavy atom. The van der Waals surface area contributed by atoms with Crippen LogP contribution in [0.3, 0.4) is 0 Å². The van der Waals surface area contributed by atoms with Gasteiger partial charge >= 0.3 is 0 Å². The van der Waals surface area contributed by atoms with E-state index in [9.17, 15) is 16.8 Å². The minimum Gasteiger partial charge on any atom is -0.497 e. The summed E-state index contributed by atoms with van der Waals surface area (Å²) in [5.41, 5.74) is 5.69. The fourth-order valence-corrected chi connectivity index (χ4v) is 3.43. The molecule has 0 atom stereocenters. The van der Waals surface area contributed by atoms with Gasteiger partial charge in [-0.05, 0) is 12.1 Å². The lowest BCUT2D eigenvalue weighted by Gasteiger charge is -2.10. The Balaban J connectivity index is 2.84. The van der Waals surface area contributed by atoms with Gasteiger partial charge in [-0.15, -0.1) is 0 Å². The minimum atomic E-state index is -3.84. The van der Waals surface area contributed by atoms with Crippen molar-refractivity contribution < 1.29 is 21.6 Å². The number of nitrogen functional groups attached to an aromatic ring is 1. The van der Waals surface area contributed by atoms with Crippen molar-refractivity contribution in [2.45, 2.75) is 11.8 Å². The normalized spacial score (nSPS) is 12.3. The molecule has 0 aliphatic heterocycles. The monoisotopic (exact) mass is 322 g/mol. The molecule has 20 heavy (non-hydrogen) atoms. The van der Waals surface area contributed by atoms with Crippen LogP contribution in [0.2, 0.25) is 0 Å². The van der Waals surface area contributed by atoms with E-state index in [-0.39, 0.29) is 28.6 Å². The molecule has 0 aliphatic rings. The van der Waals surface area contributed by atoms with E-state index in [0.29, 0.717) is 5.75 Å². The number of nitrogens with two attached hydrogens (primary N) is 1. The van der Waals surface area contributed by atoms with Crippen molar-refractivity contribution in [3.05, 3.63) is 18.2 Å². The smallest absolute Gasteiger partial charge is 0.242 e. The zero-order valence-corrected chi connectivity index (χ0v) is 12.9. The van der Waals surface area contributed by atoms with Crippen LogP contribution in [0.4, 0.5) is 5.69 Å². The van der Waals surface area contributed by atoms with Crippen LogP contribution in [0.25, 0.3) is 0 Å². The van der Waals surface area contributed by atoms with E-state index < -0.39 is 19.9 Å². The van der Waals surface area contributed by atoms with Crippen LogP contribution >= 0.6 is 0 Å². The predicted octanol–water partition coefficient (Wildman–Crippen LogP) is -0.00960. The Bertz CT molecular complexity index is 668. The summed E-state index contributed by atoms with van der Waals surface area (Å²) in [5, 5.41) is 0. The van der Waals surface area contributed by atoms with Gasteiger partial charge < -0.3 is 10.5 Å². The third-order valence-corrected chi connectivity index (χ3v) is 5.89. The molecule has 0 fully saturated rings.